The van der Waals surface area contributed by atoms with Gasteiger partial charge in [0.05, 0.1) is 24.5 Å². The Balaban J connectivity index is 1.47. The number of carbonyl (C=O) groups excluding carboxylic acids is 1. The summed E-state index contributed by atoms with van der Waals surface area (Å²) in [6, 6.07) is 0. The smallest absolute Gasteiger partial charge is 0.248 e. The third-order valence-electron chi connectivity index (χ3n) is 4.68. The topological polar surface area (TPSA) is 59.8 Å². The third-order valence-corrected chi connectivity index (χ3v) is 4.68. The summed E-state index contributed by atoms with van der Waals surface area (Å²) in [5, 5.41) is 4.22. The molecule has 2 fully saturated rings. The fraction of sp³-hybridized carbons (Fsp3) is 0.750. The van der Waals surface area contributed by atoms with E-state index in [4.69, 9.17) is 9.47 Å². The Labute approximate surface area is 137 Å². The minimum atomic E-state index is -0.103. The number of ether oxygens (including phenoxy) is 2. The average molecular weight is 322 g/mol. The summed E-state index contributed by atoms with van der Waals surface area (Å²) in [6.07, 6.45) is 5.89. The summed E-state index contributed by atoms with van der Waals surface area (Å²) in [4.78, 5) is 15.6. The van der Waals surface area contributed by atoms with Gasteiger partial charge in [0.25, 0.3) is 0 Å². The van der Waals surface area contributed by atoms with Crippen LogP contribution in [0.3, 0.4) is 0 Å². The molecule has 7 nitrogen and oxygen atoms in total. The van der Waals surface area contributed by atoms with Crippen molar-refractivity contribution in [3.8, 4) is 0 Å². The molecule has 7 heteroatoms. The van der Waals surface area contributed by atoms with Crippen LogP contribution in [0.5, 0.6) is 0 Å². The van der Waals surface area contributed by atoms with Crippen molar-refractivity contribution in [2.24, 2.45) is 7.05 Å². The van der Waals surface area contributed by atoms with E-state index in [0.717, 1.165) is 32.5 Å². The van der Waals surface area contributed by atoms with Crippen molar-refractivity contribution in [3.63, 3.8) is 0 Å². The van der Waals surface area contributed by atoms with E-state index in [-0.39, 0.29) is 24.2 Å². The maximum absolute atomic E-state index is 11.6. The monoisotopic (exact) mass is 322 g/mol. The van der Waals surface area contributed by atoms with Gasteiger partial charge in [-0.1, -0.05) is 0 Å². The average Bonchev–Trinajstić information content (AvgIpc) is 3.20. The van der Waals surface area contributed by atoms with Crippen LogP contribution in [0.1, 0.15) is 18.4 Å². The molecule has 2 atom stereocenters. The van der Waals surface area contributed by atoms with Gasteiger partial charge in [-0.3, -0.25) is 14.4 Å². The first kappa shape index (κ1) is 16.4. The van der Waals surface area contributed by atoms with Crippen molar-refractivity contribution in [1.29, 1.82) is 0 Å². The van der Waals surface area contributed by atoms with Crippen LogP contribution in [0.4, 0.5) is 0 Å². The highest BCUT2D eigenvalue weighted by Crippen LogP contribution is 2.36. The van der Waals surface area contributed by atoms with Crippen molar-refractivity contribution >= 4 is 5.91 Å². The van der Waals surface area contributed by atoms with Gasteiger partial charge >= 0.3 is 0 Å². The highest BCUT2D eigenvalue weighted by molar-refractivity contribution is 5.76. The number of aryl methyl sites for hydroxylation is 1. The molecule has 1 aromatic rings. The summed E-state index contributed by atoms with van der Waals surface area (Å²) in [7, 11) is 5.42. The number of rotatable bonds is 5. The second-order valence-corrected chi connectivity index (χ2v) is 6.90. The molecule has 1 spiro atoms. The molecule has 2 aliphatic rings. The number of likely N-dealkylation sites (N-methyl/N-ethyl adjacent to an activating group) is 1. The van der Waals surface area contributed by atoms with E-state index in [1.165, 1.54) is 5.56 Å². The van der Waals surface area contributed by atoms with Crippen molar-refractivity contribution in [2.75, 3.05) is 40.4 Å². The van der Waals surface area contributed by atoms with Gasteiger partial charge in [0.15, 0.2) is 0 Å². The highest BCUT2D eigenvalue weighted by Gasteiger charge is 2.45. The maximum atomic E-state index is 11.6. The molecule has 1 aromatic heterocycles. The molecule has 1 amide bonds. The van der Waals surface area contributed by atoms with Crippen LogP contribution >= 0.6 is 0 Å². The van der Waals surface area contributed by atoms with E-state index in [1.807, 2.05) is 17.9 Å². The number of nitrogens with zero attached hydrogens (tertiary/aromatic N) is 4. The van der Waals surface area contributed by atoms with E-state index in [1.54, 1.807) is 19.0 Å². The van der Waals surface area contributed by atoms with Gasteiger partial charge in [0.1, 0.15) is 6.61 Å². The van der Waals surface area contributed by atoms with E-state index in [0.29, 0.717) is 6.61 Å². The summed E-state index contributed by atoms with van der Waals surface area (Å²) >= 11 is 0. The lowest BCUT2D eigenvalue weighted by Crippen LogP contribution is -2.33. The number of carbonyl (C=O) groups is 1. The van der Waals surface area contributed by atoms with Gasteiger partial charge in [-0.2, -0.15) is 5.10 Å². The Hall–Kier alpha value is -1.44. The zero-order valence-corrected chi connectivity index (χ0v) is 14.2. The maximum Gasteiger partial charge on any atom is 0.248 e. The van der Waals surface area contributed by atoms with Gasteiger partial charge in [-0.25, -0.2) is 0 Å². The minimum absolute atomic E-state index is 0.00410. The lowest BCUT2D eigenvalue weighted by atomic mass is 9.98. The lowest BCUT2D eigenvalue weighted by molar-refractivity contribution is -0.135. The van der Waals surface area contributed by atoms with Crippen LogP contribution in [-0.2, 0) is 27.9 Å². The molecule has 0 radical (unpaired) electrons. The molecule has 0 bridgehead atoms. The van der Waals surface area contributed by atoms with Crippen LogP contribution in [-0.4, -0.2) is 77.6 Å². The zero-order chi connectivity index (χ0) is 16.4. The first-order valence-electron chi connectivity index (χ1n) is 8.11. The Bertz CT molecular complexity index is 559. The molecule has 128 valence electrons. The summed E-state index contributed by atoms with van der Waals surface area (Å²) in [6.45, 7) is 3.57. The molecule has 0 aliphatic carbocycles. The molecular formula is C16H26N4O3. The van der Waals surface area contributed by atoms with Crippen LogP contribution in [0.2, 0.25) is 0 Å². The Kier molecular flexibility index (Phi) is 4.70. The Morgan fingerprint density at radius 3 is 3.09 bits per heavy atom. The van der Waals surface area contributed by atoms with Crippen molar-refractivity contribution < 1.29 is 14.3 Å². The predicted molar refractivity (Wildman–Crippen MR) is 84.8 cm³/mol. The predicted octanol–water partition coefficient (Wildman–Crippen LogP) is 0.258. The summed E-state index contributed by atoms with van der Waals surface area (Å²) in [5.74, 6) is -0.00410. The minimum Gasteiger partial charge on any atom is -0.371 e. The lowest BCUT2D eigenvalue weighted by Gasteiger charge is -2.23. The molecule has 3 heterocycles. The Morgan fingerprint density at radius 1 is 1.57 bits per heavy atom. The molecule has 2 unspecified atom stereocenters. The summed E-state index contributed by atoms with van der Waals surface area (Å²) < 4.78 is 13.6. The van der Waals surface area contributed by atoms with Crippen LogP contribution in [0, 0.1) is 0 Å². The van der Waals surface area contributed by atoms with E-state index in [9.17, 15) is 4.79 Å². The van der Waals surface area contributed by atoms with Gasteiger partial charge < -0.3 is 14.4 Å². The number of hydrogen-bond acceptors (Lipinski definition) is 5. The SMILES string of the molecule is CN(C)C(=O)COC1COC2(CCN(Cc3cnn(C)c3)C2)C1. The molecule has 0 aromatic carbocycles. The molecule has 2 aliphatic heterocycles. The van der Waals surface area contributed by atoms with E-state index >= 15 is 0 Å². The van der Waals surface area contributed by atoms with Gasteiger partial charge in [-0.15, -0.1) is 0 Å². The van der Waals surface area contributed by atoms with Crippen LogP contribution in [0.25, 0.3) is 0 Å². The standard InChI is InChI=1S/C16H26N4O3/c1-18(2)15(21)11-22-14-6-16(23-10-14)4-5-20(12-16)9-13-7-17-19(3)8-13/h7-8,14H,4-6,9-12H2,1-3H3. The number of aromatic nitrogens is 2. The zero-order valence-electron chi connectivity index (χ0n) is 14.2. The largest absolute Gasteiger partial charge is 0.371 e. The van der Waals surface area contributed by atoms with Gasteiger partial charge in [0, 0.05) is 59.0 Å². The first-order valence-corrected chi connectivity index (χ1v) is 8.11. The molecule has 0 saturated carbocycles. The highest BCUT2D eigenvalue weighted by atomic mass is 16.6. The fourth-order valence-electron chi connectivity index (χ4n) is 3.39. The molecule has 2 saturated heterocycles. The quantitative estimate of drug-likeness (QED) is 0.778. The normalized spacial score (nSPS) is 27.9. The van der Waals surface area contributed by atoms with Crippen LogP contribution < -0.4 is 0 Å². The van der Waals surface area contributed by atoms with Crippen molar-refractivity contribution in [3.05, 3.63) is 18.0 Å². The van der Waals surface area contributed by atoms with E-state index < -0.39 is 0 Å². The van der Waals surface area contributed by atoms with Crippen molar-refractivity contribution in [1.82, 2.24) is 19.6 Å². The second kappa shape index (κ2) is 6.59. The Morgan fingerprint density at radius 2 is 2.39 bits per heavy atom. The summed E-state index contributed by atoms with van der Waals surface area (Å²) in [5.41, 5.74) is 1.13. The first-order chi connectivity index (χ1) is 11.0. The van der Waals surface area contributed by atoms with Crippen molar-refractivity contribution in [2.45, 2.75) is 31.1 Å². The second-order valence-electron chi connectivity index (χ2n) is 6.90. The number of hydrogen-bond donors (Lipinski definition) is 0. The molecule has 3 rings (SSSR count). The number of amides is 1. The van der Waals surface area contributed by atoms with Gasteiger partial charge in [0.2, 0.25) is 5.91 Å². The van der Waals surface area contributed by atoms with E-state index in [2.05, 4.69) is 16.2 Å². The van der Waals surface area contributed by atoms with Crippen LogP contribution in [0.15, 0.2) is 12.4 Å². The van der Waals surface area contributed by atoms with Gasteiger partial charge in [-0.05, 0) is 6.42 Å². The molecular weight excluding hydrogens is 296 g/mol. The molecule has 0 N–H and O–H groups in total. The third kappa shape index (κ3) is 3.91. The molecule has 23 heavy (non-hydrogen) atoms. The number of likely N-dealkylation sites (tertiary alicyclic amines) is 1. The fourth-order valence-corrected chi connectivity index (χ4v) is 3.39.